The summed E-state index contributed by atoms with van der Waals surface area (Å²) in [6, 6.07) is 3.67. The highest BCUT2D eigenvalue weighted by Crippen LogP contribution is 2.36. The van der Waals surface area contributed by atoms with E-state index in [1.165, 1.54) is 6.33 Å². The average molecular weight is 277 g/mol. The van der Waals surface area contributed by atoms with Gasteiger partial charge in [0.05, 0.1) is 26.4 Å². The lowest BCUT2D eigenvalue weighted by molar-refractivity contribution is 0.234. The van der Waals surface area contributed by atoms with Crippen LogP contribution in [-0.4, -0.2) is 41.4 Å². The molecule has 6 heteroatoms. The number of rotatable bonds is 5. The first kappa shape index (κ1) is 14.3. The number of nitrogens with one attached hydrogen (secondary N) is 1. The molecular weight excluding hydrogens is 258 g/mol. The van der Waals surface area contributed by atoms with Crippen LogP contribution in [-0.2, 0) is 0 Å². The van der Waals surface area contributed by atoms with Crippen molar-refractivity contribution < 1.29 is 14.6 Å². The Bertz CT molecular complexity index is 614. The van der Waals surface area contributed by atoms with Crippen molar-refractivity contribution >= 4 is 16.7 Å². The van der Waals surface area contributed by atoms with E-state index in [1.807, 2.05) is 26.0 Å². The number of aliphatic hydroxyl groups is 1. The summed E-state index contributed by atoms with van der Waals surface area (Å²) in [5, 5.41) is 13.4. The molecule has 6 nitrogen and oxygen atoms in total. The zero-order valence-corrected chi connectivity index (χ0v) is 12.1. The highest BCUT2D eigenvalue weighted by molar-refractivity contribution is 5.94. The van der Waals surface area contributed by atoms with Gasteiger partial charge in [0.2, 0.25) is 0 Å². The van der Waals surface area contributed by atoms with Crippen molar-refractivity contribution in [2.75, 3.05) is 26.1 Å². The minimum Gasteiger partial charge on any atom is -0.493 e. The summed E-state index contributed by atoms with van der Waals surface area (Å²) in [6.45, 7) is 3.77. The second-order valence-electron chi connectivity index (χ2n) is 5.09. The van der Waals surface area contributed by atoms with Crippen LogP contribution in [0.15, 0.2) is 18.5 Å². The van der Waals surface area contributed by atoms with Crippen molar-refractivity contribution in [1.29, 1.82) is 0 Å². The Morgan fingerprint density at radius 3 is 2.55 bits per heavy atom. The highest BCUT2D eigenvalue weighted by atomic mass is 16.5. The van der Waals surface area contributed by atoms with E-state index in [0.717, 1.165) is 5.39 Å². The monoisotopic (exact) mass is 277 g/mol. The maximum Gasteiger partial charge on any atom is 0.187 e. The fourth-order valence-corrected chi connectivity index (χ4v) is 1.90. The molecule has 0 spiro atoms. The molecule has 0 atom stereocenters. The van der Waals surface area contributed by atoms with Gasteiger partial charge in [-0.3, -0.25) is 0 Å². The fraction of sp³-hybridized carbons (Fsp3) is 0.429. The average Bonchev–Trinajstić information content (AvgIpc) is 2.46. The summed E-state index contributed by atoms with van der Waals surface area (Å²) in [4.78, 5) is 8.50. The third-order valence-corrected chi connectivity index (χ3v) is 3.00. The number of ether oxygens (including phenoxy) is 2. The second kappa shape index (κ2) is 5.50. The van der Waals surface area contributed by atoms with E-state index >= 15 is 0 Å². The van der Waals surface area contributed by atoms with Gasteiger partial charge in [-0.25, -0.2) is 9.97 Å². The number of aromatic nitrogens is 2. The zero-order chi connectivity index (χ0) is 14.8. The molecule has 2 aromatic rings. The first-order valence-corrected chi connectivity index (χ1v) is 6.27. The minimum absolute atomic E-state index is 0.00815. The maximum absolute atomic E-state index is 9.36. The van der Waals surface area contributed by atoms with E-state index in [9.17, 15) is 5.11 Å². The van der Waals surface area contributed by atoms with E-state index in [-0.39, 0.29) is 6.61 Å². The molecule has 0 aliphatic carbocycles. The Morgan fingerprint density at radius 1 is 1.20 bits per heavy atom. The Kier molecular flexibility index (Phi) is 3.94. The van der Waals surface area contributed by atoms with Crippen LogP contribution in [0, 0.1) is 0 Å². The molecule has 0 saturated heterocycles. The topological polar surface area (TPSA) is 76.5 Å². The Hall–Kier alpha value is -2.08. The Morgan fingerprint density at radius 2 is 1.95 bits per heavy atom. The molecule has 1 heterocycles. The number of methoxy groups -OCH3 is 2. The molecule has 1 aromatic carbocycles. The number of benzene rings is 1. The molecule has 0 aliphatic heterocycles. The van der Waals surface area contributed by atoms with E-state index in [1.54, 1.807) is 14.2 Å². The van der Waals surface area contributed by atoms with Gasteiger partial charge < -0.3 is 19.9 Å². The normalized spacial score (nSPS) is 11.4. The number of nitrogens with zero attached hydrogens (tertiary/aromatic N) is 2. The largest absolute Gasteiger partial charge is 0.493 e. The van der Waals surface area contributed by atoms with Crippen LogP contribution in [0.3, 0.4) is 0 Å². The second-order valence-corrected chi connectivity index (χ2v) is 5.09. The molecule has 20 heavy (non-hydrogen) atoms. The predicted octanol–water partition coefficient (Wildman–Crippen LogP) is 1.83. The van der Waals surface area contributed by atoms with Crippen molar-refractivity contribution in [2.45, 2.75) is 19.4 Å². The third-order valence-electron chi connectivity index (χ3n) is 3.00. The van der Waals surface area contributed by atoms with Gasteiger partial charge in [-0.1, -0.05) is 0 Å². The number of fused-ring (bicyclic) bond motifs is 1. The van der Waals surface area contributed by atoms with Crippen molar-refractivity contribution in [1.82, 2.24) is 9.97 Å². The van der Waals surface area contributed by atoms with Crippen LogP contribution in [0.2, 0.25) is 0 Å². The predicted molar refractivity (Wildman–Crippen MR) is 77.4 cm³/mol. The lowest BCUT2D eigenvalue weighted by atomic mass is 10.1. The van der Waals surface area contributed by atoms with Gasteiger partial charge in [0.25, 0.3) is 0 Å². The van der Waals surface area contributed by atoms with Gasteiger partial charge in [-0.15, -0.1) is 0 Å². The molecule has 0 amide bonds. The molecule has 0 bridgehead atoms. The van der Waals surface area contributed by atoms with Crippen molar-refractivity contribution in [3.8, 4) is 11.5 Å². The molecule has 2 N–H and O–H groups in total. The molecule has 2 rings (SSSR count). The van der Waals surface area contributed by atoms with Crippen LogP contribution in [0.1, 0.15) is 13.8 Å². The lowest BCUT2D eigenvalue weighted by Gasteiger charge is -2.25. The van der Waals surface area contributed by atoms with Gasteiger partial charge in [0.1, 0.15) is 17.7 Å². The van der Waals surface area contributed by atoms with Crippen molar-refractivity contribution in [3.63, 3.8) is 0 Å². The van der Waals surface area contributed by atoms with Gasteiger partial charge in [-0.2, -0.15) is 0 Å². The lowest BCUT2D eigenvalue weighted by Crippen LogP contribution is -2.35. The maximum atomic E-state index is 9.36. The van der Waals surface area contributed by atoms with E-state index in [2.05, 4.69) is 15.3 Å². The van der Waals surface area contributed by atoms with Crippen LogP contribution in [0.5, 0.6) is 11.5 Å². The smallest absolute Gasteiger partial charge is 0.187 e. The molecule has 1 aromatic heterocycles. The van der Waals surface area contributed by atoms with Gasteiger partial charge in [-0.05, 0) is 26.0 Å². The van der Waals surface area contributed by atoms with Crippen molar-refractivity contribution in [3.05, 3.63) is 18.5 Å². The number of aliphatic hydroxyl groups excluding tert-OH is 1. The molecule has 108 valence electrons. The quantitative estimate of drug-likeness (QED) is 0.868. The summed E-state index contributed by atoms with van der Waals surface area (Å²) in [5.41, 5.74) is 0.187. The third kappa shape index (κ3) is 2.60. The first-order valence-electron chi connectivity index (χ1n) is 6.27. The van der Waals surface area contributed by atoms with Crippen LogP contribution >= 0.6 is 0 Å². The Balaban J connectivity index is 2.59. The van der Waals surface area contributed by atoms with Crippen LogP contribution < -0.4 is 14.8 Å². The van der Waals surface area contributed by atoms with Crippen LogP contribution in [0.4, 0.5) is 5.82 Å². The van der Waals surface area contributed by atoms with Gasteiger partial charge in [0.15, 0.2) is 11.5 Å². The first-order chi connectivity index (χ1) is 9.52. The van der Waals surface area contributed by atoms with Crippen molar-refractivity contribution in [2.24, 2.45) is 0 Å². The van der Waals surface area contributed by atoms with E-state index in [4.69, 9.17) is 9.47 Å². The molecule has 0 saturated carbocycles. The standard InChI is InChI=1S/C14H19N3O3/c1-14(2,7-18)17-13-9-5-6-10(19-3)12(20-4)11(9)15-8-16-13/h5-6,8,18H,7H2,1-4H3,(H,15,16,17). The summed E-state index contributed by atoms with van der Waals surface area (Å²) in [7, 11) is 3.16. The molecular formula is C14H19N3O3. The number of anilines is 1. The summed E-state index contributed by atoms with van der Waals surface area (Å²) < 4.78 is 10.6. The minimum atomic E-state index is -0.478. The number of hydrogen-bond acceptors (Lipinski definition) is 6. The van der Waals surface area contributed by atoms with E-state index in [0.29, 0.717) is 22.8 Å². The molecule has 0 radical (unpaired) electrons. The van der Waals surface area contributed by atoms with Gasteiger partial charge in [0, 0.05) is 5.39 Å². The highest BCUT2D eigenvalue weighted by Gasteiger charge is 2.19. The molecule has 0 fully saturated rings. The number of hydrogen-bond donors (Lipinski definition) is 2. The van der Waals surface area contributed by atoms with Crippen LogP contribution in [0.25, 0.3) is 10.9 Å². The Labute approximate surface area is 117 Å². The SMILES string of the molecule is COc1ccc2c(NC(C)(C)CO)ncnc2c1OC. The molecule has 0 aliphatic rings. The van der Waals surface area contributed by atoms with E-state index < -0.39 is 5.54 Å². The van der Waals surface area contributed by atoms with Gasteiger partial charge >= 0.3 is 0 Å². The molecule has 0 unspecified atom stereocenters. The summed E-state index contributed by atoms with van der Waals surface area (Å²) >= 11 is 0. The fourth-order valence-electron chi connectivity index (χ4n) is 1.90. The zero-order valence-electron chi connectivity index (χ0n) is 12.1. The summed E-state index contributed by atoms with van der Waals surface area (Å²) in [5.74, 6) is 1.83. The summed E-state index contributed by atoms with van der Waals surface area (Å²) in [6.07, 6.45) is 1.46.